The Labute approximate surface area is 126 Å². The number of rotatable bonds is 4. The van der Waals surface area contributed by atoms with Crippen LogP contribution >= 0.6 is 11.6 Å². The van der Waals surface area contributed by atoms with Crippen molar-refractivity contribution in [3.8, 4) is 0 Å². The summed E-state index contributed by atoms with van der Waals surface area (Å²) in [6.07, 6.45) is 4.40. The lowest BCUT2D eigenvalue weighted by molar-refractivity contribution is 0.0602. The molecule has 1 saturated heterocycles. The molecule has 1 atom stereocenters. The minimum atomic E-state index is 0.0829. The van der Waals surface area contributed by atoms with Gasteiger partial charge in [-0.3, -0.25) is 4.79 Å². The minimum Gasteiger partial charge on any atom is -0.336 e. The normalized spacial score (nSPS) is 19.1. The molecule has 0 saturated carbocycles. The van der Waals surface area contributed by atoms with Gasteiger partial charge in [0.05, 0.1) is 10.6 Å². The highest BCUT2D eigenvalue weighted by Gasteiger charge is 2.28. The van der Waals surface area contributed by atoms with Crippen LogP contribution in [0.25, 0.3) is 0 Å². The first-order chi connectivity index (χ1) is 9.65. The Kier molecular flexibility index (Phi) is 5.44. The van der Waals surface area contributed by atoms with E-state index in [1.807, 2.05) is 37.1 Å². The monoisotopic (exact) mass is 294 g/mol. The third kappa shape index (κ3) is 3.33. The Hall–Kier alpha value is -1.06. The molecule has 1 aromatic carbocycles. The molecule has 1 amide bonds. The molecule has 1 aromatic rings. The molecule has 0 radical (unpaired) electrons. The second-order valence-electron chi connectivity index (χ2n) is 5.48. The minimum absolute atomic E-state index is 0.0829. The number of nitrogens with zero attached hydrogens (tertiary/aromatic N) is 1. The summed E-state index contributed by atoms with van der Waals surface area (Å²) in [6, 6.07) is 6.01. The van der Waals surface area contributed by atoms with Crippen molar-refractivity contribution in [3.63, 3.8) is 0 Å². The average molecular weight is 295 g/mol. The summed E-state index contributed by atoms with van der Waals surface area (Å²) in [6.45, 7) is 3.72. The van der Waals surface area contributed by atoms with E-state index < -0.39 is 0 Å². The number of amides is 1. The van der Waals surface area contributed by atoms with Gasteiger partial charge >= 0.3 is 0 Å². The molecular weight excluding hydrogens is 272 g/mol. The topological polar surface area (TPSA) is 32.3 Å². The van der Waals surface area contributed by atoms with Crippen molar-refractivity contribution < 1.29 is 4.79 Å². The van der Waals surface area contributed by atoms with Gasteiger partial charge in [0.25, 0.3) is 5.91 Å². The van der Waals surface area contributed by atoms with Crippen molar-refractivity contribution in [2.45, 2.75) is 38.6 Å². The molecular formula is C16H23ClN2O. The van der Waals surface area contributed by atoms with Gasteiger partial charge in [-0.1, -0.05) is 23.7 Å². The highest BCUT2D eigenvalue weighted by atomic mass is 35.5. The molecule has 0 aromatic heterocycles. The Morgan fingerprint density at radius 3 is 3.00 bits per heavy atom. The molecule has 1 aliphatic rings. The molecule has 3 nitrogen and oxygen atoms in total. The van der Waals surface area contributed by atoms with Crippen molar-refractivity contribution in [3.05, 3.63) is 34.3 Å². The number of hydrogen-bond donors (Lipinski definition) is 1. The van der Waals surface area contributed by atoms with E-state index in [0.717, 1.165) is 37.9 Å². The summed E-state index contributed by atoms with van der Waals surface area (Å²) in [7, 11) is 1.95. The Balaban J connectivity index is 2.18. The first-order valence-electron chi connectivity index (χ1n) is 7.36. The fourth-order valence-corrected chi connectivity index (χ4v) is 3.05. The Morgan fingerprint density at radius 1 is 1.45 bits per heavy atom. The molecule has 0 spiro atoms. The van der Waals surface area contributed by atoms with Gasteiger partial charge in [-0.25, -0.2) is 0 Å². The van der Waals surface area contributed by atoms with Crippen LogP contribution in [0, 0.1) is 6.92 Å². The number of carbonyl (C=O) groups is 1. The van der Waals surface area contributed by atoms with Crippen LogP contribution in [-0.2, 0) is 0 Å². The van der Waals surface area contributed by atoms with Crippen molar-refractivity contribution in [1.29, 1.82) is 0 Å². The predicted molar refractivity (Wildman–Crippen MR) is 83.4 cm³/mol. The number of hydrogen-bond acceptors (Lipinski definition) is 2. The highest BCUT2D eigenvalue weighted by molar-refractivity contribution is 6.34. The lowest BCUT2D eigenvalue weighted by atomic mass is 9.98. The smallest absolute Gasteiger partial charge is 0.255 e. The van der Waals surface area contributed by atoms with Crippen LogP contribution in [0.3, 0.4) is 0 Å². The fraction of sp³-hybridized carbons (Fsp3) is 0.562. The maximum Gasteiger partial charge on any atom is 0.255 e. The average Bonchev–Trinajstić information content (AvgIpc) is 2.47. The second-order valence-corrected chi connectivity index (χ2v) is 5.85. The van der Waals surface area contributed by atoms with Gasteiger partial charge in [-0.15, -0.1) is 0 Å². The number of nitrogens with one attached hydrogen (secondary N) is 1. The second kappa shape index (κ2) is 7.09. The lowest BCUT2D eigenvalue weighted by Crippen LogP contribution is -2.44. The van der Waals surface area contributed by atoms with E-state index >= 15 is 0 Å². The predicted octanol–water partition coefficient (Wildman–Crippen LogP) is 3.25. The van der Waals surface area contributed by atoms with E-state index in [1.165, 1.54) is 6.42 Å². The van der Waals surface area contributed by atoms with Gasteiger partial charge in [0.1, 0.15) is 0 Å². The van der Waals surface area contributed by atoms with Gasteiger partial charge in [-0.05, 0) is 57.8 Å². The summed E-state index contributed by atoms with van der Waals surface area (Å²) >= 11 is 6.30. The molecule has 1 unspecified atom stereocenters. The van der Waals surface area contributed by atoms with Crippen LogP contribution in [-0.4, -0.2) is 37.0 Å². The molecule has 1 heterocycles. The zero-order chi connectivity index (χ0) is 14.5. The van der Waals surface area contributed by atoms with E-state index in [0.29, 0.717) is 16.6 Å². The molecule has 110 valence electrons. The number of halogens is 1. The van der Waals surface area contributed by atoms with E-state index in [4.69, 9.17) is 11.6 Å². The molecule has 20 heavy (non-hydrogen) atoms. The van der Waals surface area contributed by atoms with Gasteiger partial charge in [0.15, 0.2) is 0 Å². The summed E-state index contributed by atoms with van der Waals surface area (Å²) < 4.78 is 0. The molecule has 1 aliphatic heterocycles. The van der Waals surface area contributed by atoms with E-state index in [9.17, 15) is 4.79 Å². The maximum atomic E-state index is 12.8. The molecule has 1 fully saturated rings. The van der Waals surface area contributed by atoms with Crippen LogP contribution in [0.15, 0.2) is 18.2 Å². The molecule has 1 N–H and O–H groups in total. The molecule has 4 heteroatoms. The van der Waals surface area contributed by atoms with Gasteiger partial charge < -0.3 is 10.2 Å². The SMILES string of the molecule is CNCCC1CCCCN1C(=O)c1cccc(C)c1Cl. The van der Waals surface area contributed by atoms with Crippen LogP contribution in [0.2, 0.25) is 5.02 Å². The first kappa shape index (κ1) is 15.3. The Bertz CT molecular complexity index is 476. The van der Waals surface area contributed by atoms with Crippen LogP contribution in [0.1, 0.15) is 41.6 Å². The van der Waals surface area contributed by atoms with Crippen molar-refractivity contribution in [2.75, 3.05) is 20.1 Å². The van der Waals surface area contributed by atoms with Crippen LogP contribution in [0.5, 0.6) is 0 Å². The van der Waals surface area contributed by atoms with E-state index in [-0.39, 0.29) is 5.91 Å². The van der Waals surface area contributed by atoms with Crippen molar-refractivity contribution in [1.82, 2.24) is 10.2 Å². The number of carbonyl (C=O) groups excluding carboxylic acids is 1. The van der Waals surface area contributed by atoms with Crippen LogP contribution in [0.4, 0.5) is 0 Å². The van der Waals surface area contributed by atoms with Crippen molar-refractivity contribution in [2.24, 2.45) is 0 Å². The largest absolute Gasteiger partial charge is 0.336 e. The standard InChI is InChI=1S/C16H23ClN2O/c1-12-6-5-8-14(15(12)17)16(20)19-11-4-3-7-13(19)9-10-18-2/h5-6,8,13,18H,3-4,7,9-11H2,1-2H3. The first-order valence-corrected chi connectivity index (χ1v) is 7.73. The Morgan fingerprint density at radius 2 is 2.25 bits per heavy atom. The van der Waals surface area contributed by atoms with Gasteiger partial charge in [-0.2, -0.15) is 0 Å². The summed E-state index contributed by atoms with van der Waals surface area (Å²) in [5.41, 5.74) is 1.60. The lowest BCUT2D eigenvalue weighted by Gasteiger charge is -2.36. The summed E-state index contributed by atoms with van der Waals surface area (Å²) in [5, 5.41) is 3.76. The van der Waals surface area contributed by atoms with E-state index in [1.54, 1.807) is 0 Å². The third-order valence-corrected chi connectivity index (χ3v) is 4.54. The highest BCUT2D eigenvalue weighted by Crippen LogP contribution is 2.26. The molecule has 0 aliphatic carbocycles. The third-order valence-electron chi connectivity index (χ3n) is 4.04. The number of benzene rings is 1. The maximum absolute atomic E-state index is 12.8. The molecule has 2 rings (SSSR count). The number of aryl methyl sites for hydroxylation is 1. The zero-order valence-electron chi connectivity index (χ0n) is 12.3. The quantitative estimate of drug-likeness (QED) is 0.924. The summed E-state index contributed by atoms with van der Waals surface area (Å²) in [4.78, 5) is 14.8. The number of piperidine rings is 1. The molecule has 0 bridgehead atoms. The van der Waals surface area contributed by atoms with Gasteiger partial charge in [0.2, 0.25) is 0 Å². The van der Waals surface area contributed by atoms with Crippen molar-refractivity contribution >= 4 is 17.5 Å². The zero-order valence-corrected chi connectivity index (χ0v) is 13.0. The fourth-order valence-electron chi connectivity index (χ4n) is 2.85. The van der Waals surface area contributed by atoms with Crippen LogP contribution < -0.4 is 5.32 Å². The van der Waals surface area contributed by atoms with Gasteiger partial charge in [0, 0.05) is 12.6 Å². The van der Waals surface area contributed by atoms with E-state index in [2.05, 4.69) is 5.32 Å². The number of likely N-dealkylation sites (tertiary alicyclic amines) is 1. The summed E-state index contributed by atoms with van der Waals surface area (Å²) in [5.74, 6) is 0.0829.